The molecule has 0 aromatic rings. The molecule has 0 aromatic heterocycles. The van der Waals surface area contributed by atoms with Crippen molar-refractivity contribution in [2.45, 2.75) is 51.4 Å². The largest absolute Gasteiger partial charge is 0.505 e. The number of carbonyl (C=O) groups is 1. The number of hydrogen-bond donors (Lipinski definition) is 1. The fourth-order valence-corrected chi connectivity index (χ4v) is 2.14. The molecule has 1 N–H and O–H groups in total. The Hall–Kier alpha value is -0.730. The number of rotatable bonds is 12. The van der Waals surface area contributed by atoms with E-state index in [0.717, 1.165) is 38.5 Å². The van der Waals surface area contributed by atoms with Gasteiger partial charge in [0.1, 0.15) is 0 Å². The van der Waals surface area contributed by atoms with Crippen molar-refractivity contribution in [1.29, 1.82) is 0 Å². The third-order valence-corrected chi connectivity index (χ3v) is 3.35. The van der Waals surface area contributed by atoms with Crippen LogP contribution in [-0.4, -0.2) is 23.6 Å². The summed E-state index contributed by atoms with van der Waals surface area (Å²) in [6, 6.07) is 0. The first kappa shape index (κ1) is 17.3. The quantitative estimate of drug-likeness (QED) is 0.256. The zero-order valence-electron chi connectivity index (χ0n) is 11.0. The van der Waals surface area contributed by atoms with Crippen LogP contribution in [0, 0.1) is 0 Å². The first-order valence-electron chi connectivity index (χ1n) is 6.59. The lowest BCUT2D eigenvalue weighted by Crippen LogP contribution is -2.01. The number of unbranched alkanes of at least 4 members (excludes halogenated alkanes) is 7. The molecule has 0 amide bonds. The van der Waals surface area contributed by atoms with E-state index in [-0.39, 0.29) is 5.97 Å². The molecule has 0 aliphatic heterocycles. The predicted octanol–water partition coefficient (Wildman–Crippen LogP) is 3.57. The van der Waals surface area contributed by atoms with Crippen molar-refractivity contribution in [3.8, 4) is 0 Å². The van der Waals surface area contributed by atoms with Crippen molar-refractivity contribution < 1.29 is 19.0 Å². The molecule has 1 unspecified atom stereocenters. The number of esters is 1. The highest BCUT2D eigenvalue weighted by atomic mass is 31.1. The molecule has 0 aliphatic rings. The van der Waals surface area contributed by atoms with E-state index in [0.29, 0.717) is 12.8 Å². The molecule has 5 heteroatoms. The van der Waals surface area contributed by atoms with Gasteiger partial charge in [-0.3, -0.25) is 0 Å². The Bertz CT molecular complexity index is 253. The molecule has 0 aliphatic carbocycles. The van der Waals surface area contributed by atoms with E-state index in [9.17, 15) is 9.36 Å². The smallest absolute Gasteiger partial charge is 0.463 e. The van der Waals surface area contributed by atoms with Crippen molar-refractivity contribution in [1.82, 2.24) is 0 Å². The lowest BCUT2D eigenvalue weighted by Gasteiger charge is -2.02. The minimum atomic E-state index is -1.94. The van der Waals surface area contributed by atoms with Crippen LogP contribution in [0.15, 0.2) is 12.7 Å². The van der Waals surface area contributed by atoms with Gasteiger partial charge < -0.3 is 4.74 Å². The average Bonchev–Trinajstić information content (AvgIpc) is 2.35. The Labute approximate surface area is 110 Å². The molecule has 0 saturated carbocycles. The van der Waals surface area contributed by atoms with E-state index >= 15 is 0 Å². The molecular weight excluding hydrogens is 251 g/mol. The normalized spacial score (nSPS) is 11.1. The van der Waals surface area contributed by atoms with Crippen molar-refractivity contribution in [2.24, 2.45) is 0 Å². The predicted molar refractivity (Wildman–Crippen MR) is 72.8 cm³/mol. The Morgan fingerprint density at radius 1 is 1.06 bits per heavy atom. The number of ether oxygens (including phenoxy) is 1. The van der Waals surface area contributed by atoms with E-state index < -0.39 is 8.03 Å². The fourth-order valence-electron chi connectivity index (χ4n) is 1.64. The van der Waals surface area contributed by atoms with Gasteiger partial charge in [-0.05, 0) is 23.8 Å². The fraction of sp³-hybridized carbons (Fsp3) is 0.769. The van der Waals surface area contributed by atoms with Crippen molar-refractivity contribution in [3.63, 3.8) is 0 Å². The maximum Gasteiger partial charge on any atom is 0.505 e. The van der Waals surface area contributed by atoms with Crippen LogP contribution < -0.4 is 0 Å². The molecule has 0 aromatic carbocycles. The van der Waals surface area contributed by atoms with E-state index in [2.05, 4.69) is 6.58 Å². The molecule has 1 atom stereocenters. The second-order valence-corrected chi connectivity index (χ2v) is 5.43. The van der Waals surface area contributed by atoms with Crippen molar-refractivity contribution in [2.75, 3.05) is 12.8 Å². The highest BCUT2D eigenvalue weighted by molar-refractivity contribution is 7.37. The van der Waals surface area contributed by atoms with Gasteiger partial charge in [0, 0.05) is 6.08 Å². The van der Waals surface area contributed by atoms with E-state index in [1.165, 1.54) is 18.9 Å². The summed E-state index contributed by atoms with van der Waals surface area (Å²) in [5.74, 6) is -0.350. The van der Waals surface area contributed by atoms with Crippen LogP contribution >= 0.6 is 8.03 Å². The number of carbonyl (C=O) groups excluding carboxylic acids is 1. The second kappa shape index (κ2) is 12.7. The molecule has 0 rings (SSSR count). The molecule has 4 nitrogen and oxygen atoms in total. The van der Waals surface area contributed by atoms with Gasteiger partial charge in [0.05, 0.1) is 6.61 Å². The highest BCUT2D eigenvalue weighted by Crippen LogP contribution is 2.17. The third kappa shape index (κ3) is 13.3. The summed E-state index contributed by atoms with van der Waals surface area (Å²) in [4.78, 5) is 19.3. The van der Waals surface area contributed by atoms with Gasteiger partial charge in [0.2, 0.25) is 0 Å². The highest BCUT2D eigenvalue weighted by Gasteiger charge is 2.07. The van der Waals surface area contributed by atoms with Crippen LogP contribution in [0.1, 0.15) is 51.4 Å². The van der Waals surface area contributed by atoms with Crippen LogP contribution in [0.3, 0.4) is 0 Å². The van der Waals surface area contributed by atoms with E-state index in [1.54, 1.807) is 0 Å². The summed E-state index contributed by atoms with van der Waals surface area (Å²) in [5, 5.41) is 0. The van der Waals surface area contributed by atoms with Gasteiger partial charge in [-0.1, -0.05) is 38.7 Å². The molecule has 104 valence electrons. The second-order valence-electron chi connectivity index (χ2n) is 4.28. The standard InChI is InChI=1S/C13H23O4P/c1-2-13(14)17-11-9-7-5-3-4-6-8-10-12-18(15)16/h2H,1,3-12H2/p+1. The van der Waals surface area contributed by atoms with Gasteiger partial charge >= 0.3 is 14.0 Å². The Kier molecular flexibility index (Phi) is 12.2. The van der Waals surface area contributed by atoms with Crippen LogP contribution in [0.25, 0.3) is 0 Å². The van der Waals surface area contributed by atoms with Crippen LogP contribution in [-0.2, 0) is 14.1 Å². The molecule has 0 bridgehead atoms. The Morgan fingerprint density at radius 2 is 1.56 bits per heavy atom. The summed E-state index contributed by atoms with van der Waals surface area (Å²) in [6.07, 6.45) is 10.1. The molecule has 0 heterocycles. The van der Waals surface area contributed by atoms with Crippen molar-refractivity contribution >= 4 is 14.0 Å². The zero-order valence-corrected chi connectivity index (χ0v) is 11.9. The van der Waals surface area contributed by atoms with E-state index in [4.69, 9.17) is 9.63 Å². The summed E-state index contributed by atoms with van der Waals surface area (Å²) in [5.41, 5.74) is 0. The van der Waals surface area contributed by atoms with Gasteiger partial charge in [0.15, 0.2) is 6.16 Å². The minimum absolute atomic E-state index is 0.350. The van der Waals surface area contributed by atoms with Crippen LogP contribution in [0.2, 0.25) is 0 Å². The molecular formula is C13H24O4P+. The van der Waals surface area contributed by atoms with Gasteiger partial charge in [0.25, 0.3) is 0 Å². The van der Waals surface area contributed by atoms with Crippen LogP contribution in [0.5, 0.6) is 0 Å². The molecule has 0 spiro atoms. The topological polar surface area (TPSA) is 63.6 Å². The summed E-state index contributed by atoms with van der Waals surface area (Å²) in [7, 11) is -1.94. The maximum atomic E-state index is 10.7. The Morgan fingerprint density at radius 3 is 2.06 bits per heavy atom. The zero-order chi connectivity index (χ0) is 13.6. The van der Waals surface area contributed by atoms with Gasteiger partial charge in [-0.2, -0.15) is 4.89 Å². The third-order valence-electron chi connectivity index (χ3n) is 2.65. The van der Waals surface area contributed by atoms with Gasteiger partial charge in [-0.15, -0.1) is 0 Å². The number of hydrogen-bond acceptors (Lipinski definition) is 3. The molecule has 0 saturated heterocycles. The van der Waals surface area contributed by atoms with Crippen molar-refractivity contribution in [3.05, 3.63) is 12.7 Å². The molecule has 0 fully saturated rings. The monoisotopic (exact) mass is 275 g/mol. The van der Waals surface area contributed by atoms with Gasteiger partial charge in [-0.25, -0.2) is 4.79 Å². The minimum Gasteiger partial charge on any atom is -0.463 e. The summed E-state index contributed by atoms with van der Waals surface area (Å²) in [6.45, 7) is 3.81. The SMILES string of the molecule is C=CC(=O)OCCCCCCCCCC[P+](=O)O. The molecule has 18 heavy (non-hydrogen) atoms. The molecule has 0 radical (unpaired) electrons. The Balaban J connectivity index is 3.05. The summed E-state index contributed by atoms with van der Waals surface area (Å²) < 4.78 is 15.3. The van der Waals surface area contributed by atoms with Crippen LogP contribution in [0.4, 0.5) is 0 Å². The summed E-state index contributed by atoms with van der Waals surface area (Å²) >= 11 is 0. The lowest BCUT2D eigenvalue weighted by molar-refractivity contribution is -0.137. The first-order valence-corrected chi connectivity index (χ1v) is 7.99. The first-order chi connectivity index (χ1) is 8.66. The lowest BCUT2D eigenvalue weighted by atomic mass is 10.1. The average molecular weight is 275 g/mol. The maximum absolute atomic E-state index is 10.7. The van der Waals surface area contributed by atoms with E-state index in [1.807, 2.05) is 0 Å².